The van der Waals surface area contributed by atoms with Crippen LogP contribution in [0.4, 0.5) is 23.2 Å². The first-order valence-electron chi connectivity index (χ1n) is 9.06. The number of hydrogen-bond acceptors (Lipinski definition) is 7. The molecule has 1 amide bonds. The third-order valence-corrected chi connectivity index (χ3v) is 4.36. The number of amides is 1. The Kier molecular flexibility index (Phi) is 5.30. The molecule has 0 saturated heterocycles. The topological polar surface area (TPSA) is 127 Å². The van der Waals surface area contributed by atoms with Crippen LogP contribution in [0.3, 0.4) is 0 Å². The number of hydrogen-bond donors (Lipinski definition) is 1. The van der Waals surface area contributed by atoms with Crippen molar-refractivity contribution in [1.82, 2.24) is 34.7 Å². The minimum absolute atomic E-state index is 0.0262. The smallest absolute Gasteiger partial charge is 0.320 e. The van der Waals surface area contributed by atoms with Gasteiger partial charge in [0.15, 0.2) is 17.3 Å². The number of aromatic nitrogens is 7. The van der Waals surface area contributed by atoms with E-state index in [4.69, 9.17) is 0 Å². The molecule has 10 nitrogen and oxygen atoms in total. The summed E-state index contributed by atoms with van der Waals surface area (Å²) < 4.78 is 55.4. The summed E-state index contributed by atoms with van der Waals surface area (Å²) in [6.45, 7) is 1.28. The van der Waals surface area contributed by atoms with E-state index < -0.39 is 29.2 Å². The molecule has 0 aliphatic heterocycles. The molecule has 0 spiro atoms. The lowest BCUT2D eigenvalue weighted by Crippen LogP contribution is -2.21. The summed E-state index contributed by atoms with van der Waals surface area (Å²) in [4.78, 5) is 21.5. The highest BCUT2D eigenvalue weighted by Crippen LogP contribution is 2.34. The molecular weight excluding hydrogens is 446 g/mol. The Bertz CT molecular complexity index is 1390. The molecule has 1 N–H and O–H groups in total. The highest BCUT2D eigenvalue weighted by atomic mass is 19.4. The van der Waals surface area contributed by atoms with E-state index in [0.29, 0.717) is 4.68 Å². The van der Waals surface area contributed by atoms with Crippen LogP contribution in [0.2, 0.25) is 0 Å². The lowest BCUT2D eigenvalue weighted by molar-refractivity contribution is -0.143. The molecule has 0 unspecified atom stereocenters. The van der Waals surface area contributed by atoms with Crippen molar-refractivity contribution in [3.63, 3.8) is 0 Å². The molecule has 4 aromatic rings. The monoisotopic (exact) mass is 457 g/mol. The Labute approximate surface area is 182 Å². The first-order valence-corrected chi connectivity index (χ1v) is 9.06. The zero-order valence-corrected chi connectivity index (χ0v) is 16.5. The second-order valence-corrected chi connectivity index (χ2v) is 6.53. The lowest BCUT2D eigenvalue weighted by atomic mass is 10.2. The van der Waals surface area contributed by atoms with Crippen molar-refractivity contribution in [3.8, 4) is 17.7 Å². The second kappa shape index (κ2) is 8.11. The molecule has 0 radical (unpaired) electrons. The molecule has 0 fully saturated rings. The van der Waals surface area contributed by atoms with E-state index in [1.165, 1.54) is 25.4 Å². The molecule has 4 heterocycles. The van der Waals surface area contributed by atoms with Crippen LogP contribution in [0.5, 0.6) is 0 Å². The standard InChI is InChI=1S/C19H11F4N9O/c1-10-14(20)2-3-15(29-10)31-16(19(21,22)23)13(9-28-31)18(33)30-12-6-11(7-24)17(25-8-12)32-26-4-5-27-32/h2-6,8-9H,1H3,(H,30,33). The molecular formula is C19H11F4N9O. The van der Waals surface area contributed by atoms with Crippen molar-refractivity contribution in [3.05, 3.63) is 71.3 Å². The van der Waals surface area contributed by atoms with Gasteiger partial charge in [0.1, 0.15) is 17.4 Å². The van der Waals surface area contributed by atoms with Crippen LogP contribution in [-0.4, -0.2) is 40.6 Å². The summed E-state index contributed by atoms with van der Waals surface area (Å²) in [5.41, 5.74) is -2.40. The number of carbonyl (C=O) groups excluding carboxylic acids is 1. The highest BCUT2D eigenvalue weighted by molar-refractivity contribution is 6.05. The van der Waals surface area contributed by atoms with Gasteiger partial charge in [-0.25, -0.2) is 19.0 Å². The predicted molar refractivity (Wildman–Crippen MR) is 103 cm³/mol. The van der Waals surface area contributed by atoms with Crippen molar-refractivity contribution < 1.29 is 22.4 Å². The number of nitriles is 1. The van der Waals surface area contributed by atoms with Gasteiger partial charge in [0, 0.05) is 0 Å². The number of aryl methyl sites for hydroxylation is 1. The molecule has 0 saturated carbocycles. The van der Waals surface area contributed by atoms with Gasteiger partial charge in [0.25, 0.3) is 5.91 Å². The maximum absolute atomic E-state index is 13.8. The number of nitrogens with one attached hydrogen (secondary N) is 1. The number of nitrogens with zero attached hydrogens (tertiary/aromatic N) is 8. The number of rotatable bonds is 4. The summed E-state index contributed by atoms with van der Waals surface area (Å²) in [5.74, 6) is -2.10. The number of carbonyl (C=O) groups is 1. The SMILES string of the molecule is Cc1nc(-n2ncc(C(=O)Nc3cnc(-n4nccn4)c(C#N)c3)c2C(F)(F)F)ccc1F. The molecule has 0 aliphatic rings. The number of halogens is 4. The van der Waals surface area contributed by atoms with E-state index in [1.54, 1.807) is 0 Å². The quantitative estimate of drug-likeness (QED) is 0.467. The van der Waals surface area contributed by atoms with Crippen molar-refractivity contribution in [2.75, 3.05) is 5.32 Å². The van der Waals surface area contributed by atoms with E-state index in [2.05, 4.69) is 30.6 Å². The predicted octanol–water partition coefficient (Wildman–Crippen LogP) is 2.83. The fraction of sp³-hybridized carbons (Fsp3) is 0.105. The van der Waals surface area contributed by atoms with Crippen molar-refractivity contribution in [2.24, 2.45) is 0 Å². The Hall–Kier alpha value is -4.67. The zero-order valence-electron chi connectivity index (χ0n) is 16.5. The van der Waals surface area contributed by atoms with Gasteiger partial charge in [-0.3, -0.25) is 4.79 Å². The van der Waals surface area contributed by atoms with Crippen molar-refractivity contribution in [2.45, 2.75) is 13.1 Å². The first kappa shape index (κ1) is 21.6. The fourth-order valence-corrected chi connectivity index (χ4v) is 2.90. The van der Waals surface area contributed by atoms with Crippen LogP contribution >= 0.6 is 0 Å². The summed E-state index contributed by atoms with van der Waals surface area (Å²) >= 11 is 0. The molecule has 4 aromatic heterocycles. The van der Waals surface area contributed by atoms with Gasteiger partial charge < -0.3 is 5.32 Å². The second-order valence-electron chi connectivity index (χ2n) is 6.53. The average molecular weight is 457 g/mol. The molecule has 0 aliphatic carbocycles. The first-order chi connectivity index (χ1) is 15.7. The third-order valence-electron chi connectivity index (χ3n) is 4.36. The van der Waals surface area contributed by atoms with Crippen LogP contribution in [0.25, 0.3) is 11.6 Å². The van der Waals surface area contributed by atoms with Crippen molar-refractivity contribution in [1.29, 1.82) is 5.26 Å². The maximum Gasteiger partial charge on any atom is 0.434 e. The summed E-state index contributed by atoms with van der Waals surface area (Å²) in [6.07, 6.45) is -0.392. The normalized spacial score (nSPS) is 11.3. The van der Waals surface area contributed by atoms with Gasteiger partial charge in [0.05, 0.1) is 41.7 Å². The molecule has 0 aromatic carbocycles. The average Bonchev–Trinajstić information content (AvgIpc) is 3.45. The minimum Gasteiger partial charge on any atom is -0.320 e. The molecule has 14 heteroatoms. The van der Waals surface area contributed by atoms with E-state index >= 15 is 0 Å². The Morgan fingerprint density at radius 3 is 2.52 bits per heavy atom. The lowest BCUT2D eigenvalue weighted by Gasteiger charge is -2.13. The van der Waals surface area contributed by atoms with Crippen LogP contribution in [0, 0.1) is 24.1 Å². The molecule has 33 heavy (non-hydrogen) atoms. The van der Waals surface area contributed by atoms with Crippen LogP contribution in [0.15, 0.2) is 43.0 Å². The van der Waals surface area contributed by atoms with Gasteiger partial charge in [-0.15, -0.1) is 4.80 Å². The van der Waals surface area contributed by atoms with Gasteiger partial charge in [0.2, 0.25) is 0 Å². The summed E-state index contributed by atoms with van der Waals surface area (Å²) in [7, 11) is 0. The zero-order chi connectivity index (χ0) is 23.8. The minimum atomic E-state index is -4.99. The van der Waals surface area contributed by atoms with E-state index in [0.717, 1.165) is 29.3 Å². The molecule has 0 bridgehead atoms. The van der Waals surface area contributed by atoms with E-state index in [1.807, 2.05) is 6.07 Å². The Balaban J connectivity index is 1.70. The third kappa shape index (κ3) is 4.11. The summed E-state index contributed by atoms with van der Waals surface area (Å²) in [5, 5.41) is 23.0. The van der Waals surface area contributed by atoms with Gasteiger partial charge in [-0.05, 0) is 25.1 Å². The number of anilines is 1. The van der Waals surface area contributed by atoms with Crippen LogP contribution < -0.4 is 5.32 Å². The Morgan fingerprint density at radius 2 is 1.88 bits per heavy atom. The van der Waals surface area contributed by atoms with E-state index in [9.17, 15) is 27.6 Å². The largest absolute Gasteiger partial charge is 0.434 e. The van der Waals surface area contributed by atoms with Crippen LogP contribution in [-0.2, 0) is 6.18 Å². The van der Waals surface area contributed by atoms with Gasteiger partial charge in [-0.1, -0.05) is 0 Å². The summed E-state index contributed by atoms with van der Waals surface area (Å²) in [6, 6.07) is 5.03. The molecule has 166 valence electrons. The number of pyridine rings is 2. The van der Waals surface area contributed by atoms with Gasteiger partial charge >= 0.3 is 6.18 Å². The Morgan fingerprint density at radius 1 is 1.15 bits per heavy atom. The molecule has 0 atom stereocenters. The number of alkyl halides is 3. The van der Waals surface area contributed by atoms with E-state index in [-0.39, 0.29) is 28.6 Å². The fourth-order valence-electron chi connectivity index (χ4n) is 2.90. The van der Waals surface area contributed by atoms with Crippen molar-refractivity contribution >= 4 is 11.6 Å². The van der Waals surface area contributed by atoms with Gasteiger partial charge in [-0.2, -0.15) is 33.7 Å². The highest BCUT2D eigenvalue weighted by Gasteiger charge is 2.41. The maximum atomic E-state index is 13.8. The molecule has 4 rings (SSSR count). The van der Waals surface area contributed by atoms with Crippen LogP contribution in [0.1, 0.15) is 27.3 Å².